The van der Waals surface area contributed by atoms with Gasteiger partial charge < -0.3 is 15.1 Å². The summed E-state index contributed by atoms with van der Waals surface area (Å²) in [6.07, 6.45) is 0.957. The third-order valence-corrected chi connectivity index (χ3v) is 4.52. The molecule has 0 spiro atoms. The van der Waals surface area contributed by atoms with Gasteiger partial charge >= 0.3 is 0 Å². The summed E-state index contributed by atoms with van der Waals surface area (Å²) in [6.45, 7) is 2.47. The summed E-state index contributed by atoms with van der Waals surface area (Å²) in [6, 6.07) is 15.2. The fourth-order valence-corrected chi connectivity index (χ4v) is 2.90. The van der Waals surface area contributed by atoms with E-state index in [0.717, 1.165) is 16.9 Å². The first-order valence-corrected chi connectivity index (χ1v) is 9.30. The van der Waals surface area contributed by atoms with Crippen LogP contribution in [0.25, 0.3) is 0 Å². The molecule has 6 heteroatoms. The van der Waals surface area contributed by atoms with Crippen LogP contribution in [0.2, 0.25) is 5.02 Å². The second-order valence-corrected chi connectivity index (χ2v) is 7.06. The van der Waals surface area contributed by atoms with E-state index in [0.29, 0.717) is 24.5 Å². The molecule has 0 saturated carbocycles. The molecule has 0 unspecified atom stereocenters. The maximum atomic E-state index is 12.2. The topological polar surface area (TPSA) is 52.7 Å². The maximum Gasteiger partial charge on any atom is 0.226 e. The van der Waals surface area contributed by atoms with Gasteiger partial charge in [-0.1, -0.05) is 23.7 Å². The lowest BCUT2D eigenvalue weighted by molar-refractivity contribution is -0.129. The second-order valence-electron chi connectivity index (χ2n) is 6.63. The number of nitrogens with one attached hydrogen (secondary N) is 1. The maximum absolute atomic E-state index is 12.2. The lowest BCUT2D eigenvalue weighted by Gasteiger charge is -2.21. The Bertz CT molecular complexity index is 775. The average Bonchev–Trinajstić information content (AvgIpc) is 2.62. The molecule has 5 nitrogen and oxygen atoms in total. The summed E-state index contributed by atoms with van der Waals surface area (Å²) < 4.78 is 0. The van der Waals surface area contributed by atoms with Crippen molar-refractivity contribution in [3.63, 3.8) is 0 Å². The number of benzene rings is 2. The summed E-state index contributed by atoms with van der Waals surface area (Å²) >= 11 is 5.99. The van der Waals surface area contributed by atoms with E-state index in [1.165, 1.54) is 6.92 Å². The van der Waals surface area contributed by atoms with Crippen molar-refractivity contribution in [2.45, 2.75) is 19.8 Å². The Morgan fingerprint density at radius 2 is 1.74 bits per heavy atom. The number of anilines is 2. The molecule has 0 fully saturated rings. The third-order valence-electron chi connectivity index (χ3n) is 4.28. The minimum Gasteiger partial charge on any atom is -0.378 e. The number of hydrogen-bond acceptors (Lipinski definition) is 3. The number of hydrogen-bond donors (Lipinski definition) is 1. The van der Waals surface area contributed by atoms with Crippen molar-refractivity contribution in [1.82, 2.24) is 4.90 Å². The molecule has 0 atom stereocenters. The van der Waals surface area contributed by atoms with Gasteiger partial charge in [-0.15, -0.1) is 0 Å². The van der Waals surface area contributed by atoms with Gasteiger partial charge in [0, 0.05) is 56.9 Å². The molecule has 0 aliphatic rings. The van der Waals surface area contributed by atoms with E-state index in [1.807, 2.05) is 67.5 Å². The van der Waals surface area contributed by atoms with Crippen molar-refractivity contribution in [2.24, 2.45) is 0 Å². The highest BCUT2D eigenvalue weighted by Crippen LogP contribution is 2.16. The van der Waals surface area contributed by atoms with Crippen molar-refractivity contribution in [3.8, 4) is 0 Å². The Hall–Kier alpha value is -2.53. The van der Waals surface area contributed by atoms with Gasteiger partial charge in [0.25, 0.3) is 0 Å². The lowest BCUT2D eigenvalue weighted by atomic mass is 10.1. The highest BCUT2D eigenvalue weighted by atomic mass is 35.5. The van der Waals surface area contributed by atoms with Crippen LogP contribution in [0.5, 0.6) is 0 Å². The molecule has 0 bridgehead atoms. The molecule has 2 amide bonds. The van der Waals surface area contributed by atoms with Gasteiger partial charge in [-0.3, -0.25) is 9.59 Å². The third kappa shape index (κ3) is 6.94. The van der Waals surface area contributed by atoms with E-state index in [2.05, 4.69) is 5.32 Å². The summed E-state index contributed by atoms with van der Waals surface area (Å²) in [4.78, 5) is 27.8. The number of rotatable bonds is 8. The number of carbonyl (C=O) groups excluding carboxylic acids is 2. The lowest BCUT2D eigenvalue weighted by Crippen LogP contribution is -2.33. The Labute approximate surface area is 165 Å². The van der Waals surface area contributed by atoms with Crippen molar-refractivity contribution < 1.29 is 9.59 Å². The van der Waals surface area contributed by atoms with Crippen molar-refractivity contribution in [1.29, 1.82) is 0 Å². The minimum atomic E-state index is -0.110. The first-order valence-electron chi connectivity index (χ1n) is 8.92. The van der Waals surface area contributed by atoms with Gasteiger partial charge in [0.2, 0.25) is 11.8 Å². The van der Waals surface area contributed by atoms with E-state index in [1.54, 1.807) is 4.90 Å². The zero-order chi connectivity index (χ0) is 19.8. The first-order chi connectivity index (χ1) is 12.8. The van der Waals surface area contributed by atoms with Crippen LogP contribution in [0, 0.1) is 0 Å². The highest BCUT2D eigenvalue weighted by Gasteiger charge is 2.12. The largest absolute Gasteiger partial charge is 0.378 e. The molecule has 27 heavy (non-hydrogen) atoms. The average molecular weight is 388 g/mol. The van der Waals surface area contributed by atoms with E-state index < -0.39 is 0 Å². The summed E-state index contributed by atoms with van der Waals surface area (Å²) in [5.41, 5.74) is 2.88. The van der Waals surface area contributed by atoms with Gasteiger partial charge in [-0.25, -0.2) is 0 Å². The molecule has 2 aromatic rings. The highest BCUT2D eigenvalue weighted by molar-refractivity contribution is 6.30. The molecule has 0 aromatic heterocycles. The van der Waals surface area contributed by atoms with Crippen molar-refractivity contribution >= 4 is 34.8 Å². The molecule has 0 radical (unpaired) electrons. The van der Waals surface area contributed by atoms with E-state index in [4.69, 9.17) is 11.6 Å². The number of amides is 2. The standard InChI is InChI=1S/C21H26ClN3O2/c1-16(26)25(13-11-17-5-4-6-18(22)15-17)14-12-21(27)23-19-7-9-20(10-8-19)24(2)3/h4-10,15H,11-14H2,1-3H3,(H,23,27). The zero-order valence-electron chi connectivity index (χ0n) is 16.0. The van der Waals surface area contributed by atoms with Gasteiger partial charge in [-0.05, 0) is 48.4 Å². The van der Waals surface area contributed by atoms with Gasteiger partial charge in [0.15, 0.2) is 0 Å². The second kappa shape index (κ2) is 9.97. The van der Waals surface area contributed by atoms with E-state index in [9.17, 15) is 9.59 Å². The Morgan fingerprint density at radius 3 is 2.33 bits per heavy atom. The molecule has 0 aliphatic carbocycles. The smallest absolute Gasteiger partial charge is 0.226 e. The Balaban J connectivity index is 1.83. The minimum absolute atomic E-state index is 0.0415. The molecule has 2 rings (SSSR count). The molecule has 1 N–H and O–H groups in total. The fourth-order valence-electron chi connectivity index (χ4n) is 2.69. The number of carbonyl (C=O) groups is 2. The Morgan fingerprint density at radius 1 is 1.04 bits per heavy atom. The van der Waals surface area contributed by atoms with E-state index >= 15 is 0 Å². The van der Waals surface area contributed by atoms with E-state index in [-0.39, 0.29) is 18.2 Å². The monoisotopic (exact) mass is 387 g/mol. The predicted molar refractivity (Wildman–Crippen MR) is 111 cm³/mol. The van der Waals surface area contributed by atoms with Gasteiger partial charge in [-0.2, -0.15) is 0 Å². The van der Waals surface area contributed by atoms with Crippen LogP contribution < -0.4 is 10.2 Å². The SMILES string of the molecule is CC(=O)N(CCC(=O)Nc1ccc(N(C)C)cc1)CCc1cccc(Cl)c1. The van der Waals surface area contributed by atoms with Crippen LogP contribution in [0.1, 0.15) is 18.9 Å². The van der Waals surface area contributed by atoms with Crippen molar-refractivity contribution in [3.05, 3.63) is 59.1 Å². The molecule has 0 aliphatic heterocycles. The van der Waals surface area contributed by atoms with Crippen LogP contribution in [0.3, 0.4) is 0 Å². The van der Waals surface area contributed by atoms with Crippen molar-refractivity contribution in [2.75, 3.05) is 37.4 Å². The molecule has 0 heterocycles. The normalized spacial score (nSPS) is 10.4. The molecule has 0 saturated heterocycles. The zero-order valence-corrected chi connectivity index (χ0v) is 16.8. The quantitative estimate of drug-likeness (QED) is 0.749. The number of halogens is 1. The molecule has 144 valence electrons. The molecule has 2 aromatic carbocycles. The first kappa shape index (κ1) is 20.8. The van der Waals surface area contributed by atoms with Gasteiger partial charge in [0.05, 0.1) is 0 Å². The van der Waals surface area contributed by atoms with Crippen LogP contribution in [-0.2, 0) is 16.0 Å². The van der Waals surface area contributed by atoms with Crippen LogP contribution in [0.15, 0.2) is 48.5 Å². The molecular formula is C21H26ClN3O2. The van der Waals surface area contributed by atoms with Crippen LogP contribution in [-0.4, -0.2) is 43.9 Å². The van der Waals surface area contributed by atoms with Crippen LogP contribution >= 0.6 is 11.6 Å². The summed E-state index contributed by atoms with van der Waals surface area (Å²) in [7, 11) is 3.93. The number of nitrogens with zero attached hydrogens (tertiary/aromatic N) is 2. The van der Waals surface area contributed by atoms with Gasteiger partial charge in [0.1, 0.15) is 0 Å². The summed E-state index contributed by atoms with van der Waals surface area (Å²) in [5, 5.41) is 3.55. The summed E-state index contributed by atoms with van der Waals surface area (Å²) in [5.74, 6) is -0.151. The Kier molecular flexibility index (Phi) is 7.67. The predicted octanol–water partition coefficient (Wildman–Crippen LogP) is 3.83. The molecular weight excluding hydrogens is 362 g/mol. The van der Waals surface area contributed by atoms with Crippen LogP contribution in [0.4, 0.5) is 11.4 Å². The fraction of sp³-hybridized carbons (Fsp3) is 0.333.